The highest BCUT2D eigenvalue weighted by molar-refractivity contribution is 6.07. The number of fused-ring (bicyclic) bond motifs is 3. The minimum atomic E-state index is -0.516. The summed E-state index contributed by atoms with van der Waals surface area (Å²) in [6, 6.07) is 8.69. The monoisotopic (exact) mass is 408 g/mol. The van der Waals surface area contributed by atoms with Crippen LogP contribution < -0.4 is 19.8 Å². The summed E-state index contributed by atoms with van der Waals surface area (Å²) in [5.74, 6) is 1.72. The molecule has 156 valence electrons. The molecular formula is C24H24O6. The number of aryl methyl sites for hydroxylation is 2. The van der Waals surface area contributed by atoms with E-state index in [1.807, 2.05) is 26.0 Å². The zero-order valence-corrected chi connectivity index (χ0v) is 17.5. The van der Waals surface area contributed by atoms with Crippen molar-refractivity contribution in [2.45, 2.75) is 39.2 Å². The lowest BCUT2D eigenvalue weighted by molar-refractivity contribution is 0.0849. The molecule has 0 saturated heterocycles. The molecule has 1 aliphatic heterocycles. The average molecular weight is 408 g/mol. The van der Waals surface area contributed by atoms with Crippen molar-refractivity contribution in [1.82, 2.24) is 0 Å². The van der Waals surface area contributed by atoms with Crippen LogP contribution in [0.5, 0.6) is 17.2 Å². The predicted octanol–water partition coefficient (Wildman–Crippen LogP) is 4.78. The second-order valence-electron chi connectivity index (χ2n) is 7.45. The number of Topliss-reactive ketones (excluding diaryl/α,β-unsaturated/α-hetero) is 1. The van der Waals surface area contributed by atoms with Crippen LogP contribution in [0.2, 0.25) is 0 Å². The first-order valence-electron chi connectivity index (χ1n) is 9.98. The van der Waals surface area contributed by atoms with E-state index in [0.29, 0.717) is 40.2 Å². The van der Waals surface area contributed by atoms with Crippen LogP contribution in [0.25, 0.3) is 11.0 Å². The van der Waals surface area contributed by atoms with Crippen LogP contribution in [-0.4, -0.2) is 20.0 Å². The molecule has 0 aliphatic carbocycles. The van der Waals surface area contributed by atoms with Crippen LogP contribution in [0.4, 0.5) is 0 Å². The number of ketones is 1. The molecule has 1 aliphatic rings. The summed E-state index contributed by atoms with van der Waals surface area (Å²) in [5, 5.41) is 0.697. The summed E-state index contributed by atoms with van der Waals surface area (Å²) in [7, 11) is 3.16. The first-order chi connectivity index (χ1) is 14.5. The van der Waals surface area contributed by atoms with Crippen LogP contribution >= 0.6 is 0 Å². The first-order valence-corrected chi connectivity index (χ1v) is 9.98. The van der Waals surface area contributed by atoms with E-state index < -0.39 is 11.7 Å². The van der Waals surface area contributed by atoms with E-state index >= 15 is 0 Å². The van der Waals surface area contributed by atoms with E-state index in [1.165, 1.54) is 6.07 Å². The summed E-state index contributed by atoms with van der Waals surface area (Å²) < 4.78 is 22.7. The van der Waals surface area contributed by atoms with Gasteiger partial charge in [-0.15, -0.1) is 0 Å². The second-order valence-corrected chi connectivity index (χ2v) is 7.45. The van der Waals surface area contributed by atoms with Crippen molar-refractivity contribution in [1.29, 1.82) is 0 Å². The highest BCUT2D eigenvalue weighted by atomic mass is 16.5. The fourth-order valence-electron chi connectivity index (χ4n) is 4.14. The molecule has 2 heterocycles. The van der Waals surface area contributed by atoms with Gasteiger partial charge in [0.2, 0.25) is 0 Å². The van der Waals surface area contributed by atoms with Gasteiger partial charge in [0.05, 0.1) is 31.6 Å². The zero-order valence-electron chi connectivity index (χ0n) is 17.5. The maximum atomic E-state index is 13.2. The van der Waals surface area contributed by atoms with Crippen LogP contribution in [-0.2, 0) is 6.42 Å². The van der Waals surface area contributed by atoms with Crippen molar-refractivity contribution in [3.05, 3.63) is 63.0 Å². The maximum Gasteiger partial charge on any atom is 0.336 e. The number of hydrogen-bond acceptors (Lipinski definition) is 6. The Hall–Kier alpha value is -3.28. The lowest BCUT2D eigenvalue weighted by Gasteiger charge is -2.29. The van der Waals surface area contributed by atoms with Crippen molar-refractivity contribution in [3.63, 3.8) is 0 Å². The molecule has 30 heavy (non-hydrogen) atoms. The highest BCUT2D eigenvalue weighted by Gasteiger charge is 2.33. The topological polar surface area (TPSA) is 75.0 Å². The Morgan fingerprint density at radius 1 is 1.10 bits per heavy atom. The summed E-state index contributed by atoms with van der Waals surface area (Å²) in [5.41, 5.74) is 2.92. The lowest BCUT2D eigenvalue weighted by Crippen LogP contribution is -2.22. The van der Waals surface area contributed by atoms with Crippen molar-refractivity contribution in [3.8, 4) is 17.2 Å². The highest BCUT2D eigenvalue weighted by Crippen LogP contribution is 2.44. The minimum absolute atomic E-state index is 0.00725. The van der Waals surface area contributed by atoms with E-state index in [0.717, 1.165) is 23.1 Å². The molecule has 0 saturated carbocycles. The summed E-state index contributed by atoms with van der Waals surface area (Å²) in [6.45, 7) is 3.87. The Balaban J connectivity index is 1.92. The van der Waals surface area contributed by atoms with Gasteiger partial charge in [-0.25, -0.2) is 4.79 Å². The number of hydrogen-bond donors (Lipinski definition) is 0. The van der Waals surface area contributed by atoms with Gasteiger partial charge in [0.1, 0.15) is 28.9 Å². The van der Waals surface area contributed by atoms with Gasteiger partial charge < -0.3 is 18.6 Å². The van der Waals surface area contributed by atoms with Gasteiger partial charge in [0.15, 0.2) is 5.78 Å². The SMILES string of the molecule is CCCc1cc(=O)oc2cc(C)c3c(c12)O[C@H](c1ccc(OC)cc1OC)CC3=O. The van der Waals surface area contributed by atoms with Gasteiger partial charge in [-0.2, -0.15) is 0 Å². The van der Waals surface area contributed by atoms with Gasteiger partial charge in [0.25, 0.3) is 0 Å². The minimum Gasteiger partial charge on any atom is -0.497 e. The van der Waals surface area contributed by atoms with Crippen LogP contribution in [0.3, 0.4) is 0 Å². The van der Waals surface area contributed by atoms with Crippen LogP contribution in [0.15, 0.2) is 39.5 Å². The summed E-state index contributed by atoms with van der Waals surface area (Å²) in [4.78, 5) is 25.2. The van der Waals surface area contributed by atoms with E-state index in [1.54, 1.807) is 26.4 Å². The molecule has 4 rings (SSSR count). The molecule has 0 fully saturated rings. The normalized spacial score (nSPS) is 15.6. The third kappa shape index (κ3) is 3.32. The molecule has 1 aromatic heterocycles. The third-order valence-corrected chi connectivity index (χ3v) is 5.48. The number of carbonyl (C=O) groups excluding carboxylic acids is 1. The fourth-order valence-corrected chi connectivity index (χ4v) is 4.14. The molecule has 0 amide bonds. The van der Waals surface area contributed by atoms with Gasteiger partial charge >= 0.3 is 5.63 Å². The van der Waals surface area contributed by atoms with Crippen molar-refractivity contribution in [2.24, 2.45) is 0 Å². The molecule has 6 heteroatoms. The van der Waals surface area contributed by atoms with Crippen LogP contribution in [0, 0.1) is 6.92 Å². The Bertz CT molecular complexity index is 1190. The Morgan fingerprint density at radius 2 is 1.90 bits per heavy atom. The predicted molar refractivity (Wildman–Crippen MR) is 113 cm³/mol. The summed E-state index contributed by atoms with van der Waals surface area (Å²) in [6.07, 6.45) is 1.22. The van der Waals surface area contributed by atoms with E-state index in [-0.39, 0.29) is 12.2 Å². The number of benzene rings is 2. The fraction of sp³-hybridized carbons (Fsp3) is 0.333. The number of rotatable bonds is 5. The largest absolute Gasteiger partial charge is 0.497 e. The molecule has 0 spiro atoms. The smallest absolute Gasteiger partial charge is 0.336 e. The number of methoxy groups -OCH3 is 2. The van der Waals surface area contributed by atoms with E-state index in [2.05, 4.69) is 0 Å². The molecule has 0 N–H and O–H groups in total. The van der Waals surface area contributed by atoms with Crippen LogP contribution in [0.1, 0.15) is 52.9 Å². The van der Waals surface area contributed by atoms with Crippen molar-refractivity contribution < 1.29 is 23.4 Å². The molecule has 6 nitrogen and oxygen atoms in total. The van der Waals surface area contributed by atoms with Gasteiger partial charge in [0, 0.05) is 17.7 Å². The second kappa shape index (κ2) is 7.86. The Labute approximate surface area is 174 Å². The zero-order chi connectivity index (χ0) is 21.4. The molecule has 1 atom stereocenters. The lowest BCUT2D eigenvalue weighted by atomic mass is 9.90. The third-order valence-electron chi connectivity index (χ3n) is 5.48. The Kier molecular flexibility index (Phi) is 5.24. The quantitative estimate of drug-likeness (QED) is 0.566. The molecule has 0 bridgehead atoms. The standard InChI is InChI=1S/C24H24O6/c1-5-6-14-10-21(26)29-20-9-13(2)22-17(25)12-19(30-24(22)23(14)20)16-8-7-15(27-3)11-18(16)28-4/h7-11,19H,5-6,12H2,1-4H3/t19-/m0/s1. The first kappa shape index (κ1) is 20.0. The molecule has 3 aromatic rings. The van der Waals surface area contributed by atoms with E-state index in [4.69, 9.17) is 18.6 Å². The van der Waals surface area contributed by atoms with Gasteiger partial charge in [-0.05, 0) is 42.7 Å². The number of ether oxygens (including phenoxy) is 3. The molecule has 2 aromatic carbocycles. The van der Waals surface area contributed by atoms with Crippen molar-refractivity contribution >= 4 is 16.8 Å². The molecule has 0 radical (unpaired) electrons. The van der Waals surface area contributed by atoms with Gasteiger partial charge in [-0.3, -0.25) is 4.79 Å². The summed E-state index contributed by atoms with van der Waals surface area (Å²) >= 11 is 0. The Morgan fingerprint density at radius 3 is 2.60 bits per heavy atom. The molecular weight excluding hydrogens is 384 g/mol. The van der Waals surface area contributed by atoms with E-state index in [9.17, 15) is 9.59 Å². The average Bonchev–Trinajstić information content (AvgIpc) is 2.72. The van der Waals surface area contributed by atoms with Gasteiger partial charge in [-0.1, -0.05) is 13.3 Å². The maximum absolute atomic E-state index is 13.2. The molecule has 0 unspecified atom stereocenters. The van der Waals surface area contributed by atoms with Crippen molar-refractivity contribution in [2.75, 3.05) is 14.2 Å². The number of carbonyl (C=O) groups is 1.